The third kappa shape index (κ3) is 4.41. The van der Waals surface area contributed by atoms with Crippen LogP contribution in [0, 0.1) is 6.92 Å². The van der Waals surface area contributed by atoms with E-state index in [2.05, 4.69) is 20.3 Å². The number of carbonyl (C=O) groups excluding carboxylic acids is 1. The van der Waals surface area contributed by atoms with Gasteiger partial charge < -0.3 is 5.32 Å². The van der Waals surface area contributed by atoms with E-state index in [1.807, 2.05) is 74.5 Å². The Labute approximate surface area is 175 Å². The topological polar surface area (TPSA) is 67.8 Å². The number of aromatic nitrogens is 3. The molecule has 0 aliphatic carbocycles. The van der Waals surface area contributed by atoms with E-state index in [9.17, 15) is 4.79 Å². The second kappa shape index (κ2) is 8.66. The van der Waals surface area contributed by atoms with Crippen LogP contribution in [0.2, 0.25) is 0 Å². The molecule has 0 fully saturated rings. The molecule has 4 rings (SSSR count). The van der Waals surface area contributed by atoms with Crippen LogP contribution in [-0.2, 0) is 4.79 Å². The zero-order chi connectivity index (χ0) is 20.9. The van der Waals surface area contributed by atoms with E-state index >= 15 is 0 Å². The molecule has 5 nitrogen and oxygen atoms in total. The van der Waals surface area contributed by atoms with E-state index in [4.69, 9.17) is 0 Å². The summed E-state index contributed by atoms with van der Waals surface area (Å²) in [7, 11) is 0. The Hall–Kier alpha value is -3.86. The number of carbonyl (C=O) groups is 1. The monoisotopic (exact) mass is 394 g/mol. The van der Waals surface area contributed by atoms with Gasteiger partial charge in [0, 0.05) is 35.5 Å². The first-order valence-electron chi connectivity index (χ1n) is 9.79. The van der Waals surface area contributed by atoms with Crippen molar-refractivity contribution in [2.75, 3.05) is 5.32 Å². The van der Waals surface area contributed by atoms with Crippen LogP contribution in [0.3, 0.4) is 0 Å². The lowest BCUT2D eigenvalue weighted by Crippen LogP contribution is -2.18. The van der Waals surface area contributed by atoms with Crippen LogP contribution in [0.15, 0.2) is 85.6 Å². The molecule has 0 saturated heterocycles. The van der Waals surface area contributed by atoms with Gasteiger partial charge in [-0.1, -0.05) is 36.4 Å². The van der Waals surface area contributed by atoms with Gasteiger partial charge in [0.2, 0.25) is 5.91 Å². The molecule has 1 N–H and O–H groups in total. The Balaban J connectivity index is 1.47. The number of hydrogen-bond acceptors (Lipinski definition) is 4. The van der Waals surface area contributed by atoms with Crippen molar-refractivity contribution in [1.29, 1.82) is 0 Å². The average molecular weight is 394 g/mol. The summed E-state index contributed by atoms with van der Waals surface area (Å²) in [5, 5.41) is 3.01. The molecule has 0 saturated carbocycles. The Morgan fingerprint density at radius 3 is 2.33 bits per heavy atom. The maximum atomic E-state index is 12.8. The SMILES string of the molecule is Cc1cc(-c2ccc(NC(=O)[C@H](C)c3cccc(-c4cncnc4)c3)cc2)ccn1. The van der Waals surface area contributed by atoms with Crippen LogP contribution in [0.25, 0.3) is 22.3 Å². The molecule has 2 aromatic carbocycles. The number of nitrogens with one attached hydrogen (secondary N) is 1. The molecule has 0 radical (unpaired) electrons. The van der Waals surface area contributed by atoms with E-state index < -0.39 is 0 Å². The molecule has 4 aromatic rings. The number of amides is 1. The van der Waals surface area contributed by atoms with Gasteiger partial charge in [-0.05, 0) is 60.4 Å². The van der Waals surface area contributed by atoms with E-state index in [0.29, 0.717) is 0 Å². The van der Waals surface area contributed by atoms with Crippen LogP contribution in [0.1, 0.15) is 24.1 Å². The summed E-state index contributed by atoms with van der Waals surface area (Å²) in [4.78, 5) is 25.2. The molecule has 148 valence electrons. The highest BCUT2D eigenvalue weighted by Crippen LogP contribution is 2.25. The maximum Gasteiger partial charge on any atom is 0.231 e. The third-order valence-electron chi connectivity index (χ3n) is 5.06. The lowest BCUT2D eigenvalue weighted by molar-refractivity contribution is -0.117. The van der Waals surface area contributed by atoms with Crippen molar-refractivity contribution >= 4 is 11.6 Å². The van der Waals surface area contributed by atoms with Gasteiger partial charge in [0.05, 0.1) is 5.92 Å². The lowest BCUT2D eigenvalue weighted by atomic mass is 9.96. The van der Waals surface area contributed by atoms with Crippen LogP contribution in [-0.4, -0.2) is 20.9 Å². The first kappa shape index (κ1) is 19.5. The summed E-state index contributed by atoms with van der Waals surface area (Å²) < 4.78 is 0. The first-order chi connectivity index (χ1) is 14.6. The molecule has 1 amide bonds. The maximum absolute atomic E-state index is 12.8. The number of aryl methyl sites for hydroxylation is 1. The van der Waals surface area contributed by atoms with Gasteiger partial charge >= 0.3 is 0 Å². The van der Waals surface area contributed by atoms with Gasteiger partial charge in [0.15, 0.2) is 0 Å². The van der Waals surface area contributed by atoms with Crippen molar-refractivity contribution in [3.8, 4) is 22.3 Å². The van der Waals surface area contributed by atoms with Gasteiger partial charge in [-0.3, -0.25) is 9.78 Å². The van der Waals surface area contributed by atoms with E-state index in [1.165, 1.54) is 6.33 Å². The van der Waals surface area contributed by atoms with E-state index in [1.54, 1.807) is 18.6 Å². The minimum Gasteiger partial charge on any atom is -0.326 e. The normalized spacial score (nSPS) is 11.7. The average Bonchev–Trinajstić information content (AvgIpc) is 2.80. The van der Waals surface area contributed by atoms with Gasteiger partial charge in [0.25, 0.3) is 0 Å². The van der Waals surface area contributed by atoms with E-state index in [0.717, 1.165) is 39.2 Å². The molecule has 0 aliphatic rings. The fourth-order valence-corrected chi connectivity index (χ4v) is 3.31. The number of rotatable bonds is 5. The van der Waals surface area contributed by atoms with Crippen molar-refractivity contribution in [1.82, 2.24) is 15.0 Å². The molecule has 2 heterocycles. The summed E-state index contributed by atoms with van der Waals surface area (Å²) in [6.45, 7) is 3.88. The third-order valence-corrected chi connectivity index (χ3v) is 5.06. The molecule has 0 bridgehead atoms. The second-order valence-corrected chi connectivity index (χ2v) is 7.23. The van der Waals surface area contributed by atoms with Gasteiger partial charge in [-0.15, -0.1) is 0 Å². The van der Waals surface area contributed by atoms with Crippen LogP contribution in [0.4, 0.5) is 5.69 Å². The summed E-state index contributed by atoms with van der Waals surface area (Å²) in [6, 6.07) is 19.8. The smallest absolute Gasteiger partial charge is 0.231 e. The molecular formula is C25H22N4O. The van der Waals surface area contributed by atoms with E-state index in [-0.39, 0.29) is 11.8 Å². The summed E-state index contributed by atoms with van der Waals surface area (Å²) >= 11 is 0. The van der Waals surface area contributed by atoms with Crippen LogP contribution in [0.5, 0.6) is 0 Å². The highest BCUT2D eigenvalue weighted by molar-refractivity contribution is 5.96. The van der Waals surface area contributed by atoms with Crippen LogP contribution < -0.4 is 5.32 Å². The molecular weight excluding hydrogens is 372 g/mol. The highest BCUT2D eigenvalue weighted by Gasteiger charge is 2.16. The molecule has 30 heavy (non-hydrogen) atoms. The summed E-state index contributed by atoms with van der Waals surface area (Å²) in [5.41, 5.74) is 6.80. The minimum atomic E-state index is -0.294. The molecule has 1 atom stereocenters. The number of anilines is 1. The fraction of sp³-hybridized carbons (Fsp3) is 0.120. The number of benzene rings is 2. The zero-order valence-electron chi connectivity index (χ0n) is 16.9. The van der Waals surface area contributed by atoms with Crippen molar-refractivity contribution in [2.45, 2.75) is 19.8 Å². The molecule has 2 aromatic heterocycles. The van der Waals surface area contributed by atoms with Crippen molar-refractivity contribution < 1.29 is 4.79 Å². The summed E-state index contributed by atoms with van der Waals surface area (Å²) in [5.74, 6) is -0.346. The first-order valence-corrected chi connectivity index (χ1v) is 9.79. The van der Waals surface area contributed by atoms with Gasteiger partial charge in [0.1, 0.15) is 6.33 Å². The Bertz CT molecular complexity index is 1160. The Morgan fingerprint density at radius 2 is 1.60 bits per heavy atom. The molecule has 0 unspecified atom stereocenters. The predicted molar refractivity (Wildman–Crippen MR) is 119 cm³/mol. The highest BCUT2D eigenvalue weighted by atomic mass is 16.1. The lowest BCUT2D eigenvalue weighted by Gasteiger charge is -2.14. The number of hydrogen-bond donors (Lipinski definition) is 1. The molecule has 5 heteroatoms. The molecule has 0 aliphatic heterocycles. The largest absolute Gasteiger partial charge is 0.326 e. The number of nitrogens with zero attached hydrogens (tertiary/aromatic N) is 3. The van der Waals surface area contributed by atoms with Crippen molar-refractivity contribution in [3.63, 3.8) is 0 Å². The zero-order valence-corrected chi connectivity index (χ0v) is 16.9. The van der Waals surface area contributed by atoms with Crippen molar-refractivity contribution in [3.05, 3.63) is 96.8 Å². The minimum absolute atomic E-state index is 0.0519. The molecule has 0 spiro atoms. The Morgan fingerprint density at radius 1 is 0.867 bits per heavy atom. The van der Waals surface area contributed by atoms with Crippen molar-refractivity contribution in [2.24, 2.45) is 0 Å². The number of pyridine rings is 1. The van der Waals surface area contributed by atoms with Crippen LogP contribution >= 0.6 is 0 Å². The predicted octanol–water partition coefficient (Wildman–Crippen LogP) is 5.26. The summed E-state index contributed by atoms with van der Waals surface area (Å²) in [6.07, 6.45) is 6.84. The quantitative estimate of drug-likeness (QED) is 0.502. The standard InChI is InChI=1S/C25H22N4O/c1-17-12-22(10-11-28-17)19-6-8-24(9-7-19)29-25(30)18(2)20-4-3-5-21(13-20)23-14-26-16-27-15-23/h3-16,18H,1-2H3,(H,29,30)/t18-/m1/s1. The van der Waals surface area contributed by atoms with Gasteiger partial charge in [-0.2, -0.15) is 0 Å². The Kier molecular flexibility index (Phi) is 5.61. The second-order valence-electron chi connectivity index (χ2n) is 7.23. The fourth-order valence-electron chi connectivity index (χ4n) is 3.31. The van der Waals surface area contributed by atoms with Gasteiger partial charge in [-0.25, -0.2) is 9.97 Å².